The summed E-state index contributed by atoms with van der Waals surface area (Å²) in [7, 11) is 0. The molecule has 278 valence electrons. The molecule has 1 N–H and O–H groups in total. The highest BCUT2D eigenvalue weighted by Crippen LogP contribution is 2.52. The molecule has 0 atom stereocenters. The summed E-state index contributed by atoms with van der Waals surface area (Å²) in [4.78, 5) is 49.1. The van der Waals surface area contributed by atoms with Crippen LogP contribution < -0.4 is 10.2 Å². The van der Waals surface area contributed by atoms with Gasteiger partial charge in [-0.25, -0.2) is 14.4 Å². The van der Waals surface area contributed by atoms with Gasteiger partial charge in [0.25, 0.3) is 0 Å². The topological polar surface area (TPSA) is 109 Å². The maximum atomic E-state index is 14.9. The molecule has 0 unspecified atom stereocenters. The number of carbonyl (C=O) groups is 2. The minimum atomic E-state index is -0.671. The number of fused-ring (bicyclic) bond motifs is 3. The summed E-state index contributed by atoms with van der Waals surface area (Å²) in [6, 6.07) is 10.6. The molecule has 1 aromatic carbocycles. The average molecular weight is 721 g/mol. The number of imidazole rings is 1. The largest absolute Gasteiger partial charge is 0.379 e. The lowest BCUT2D eigenvalue weighted by Crippen LogP contribution is -2.60. The fourth-order valence-electron chi connectivity index (χ4n) is 9.49. The number of nitrogens with zero attached hydrogens (tertiary/aromatic N) is 7. The molecule has 4 aromatic rings. The Balaban J connectivity index is 1.08. The van der Waals surface area contributed by atoms with Gasteiger partial charge >= 0.3 is 0 Å². The Labute approximate surface area is 309 Å². The zero-order chi connectivity index (χ0) is 36.5. The SMILES string of the molecule is CCC1(C(=O)N2CCC3(CC2)C(=O)N([C@H]2C[C@@H](N4CCCCC4)C2)c2cc(-c4cc5ncn(C(C)C)c5c(Nc5ccncc5F)n4)ccc23)COC1. The molecule has 4 aliphatic heterocycles. The summed E-state index contributed by atoms with van der Waals surface area (Å²) in [5.74, 6) is 0.369. The van der Waals surface area contributed by atoms with Crippen molar-refractivity contribution in [3.63, 3.8) is 0 Å². The Morgan fingerprint density at radius 3 is 2.49 bits per heavy atom. The Morgan fingerprint density at radius 1 is 1.04 bits per heavy atom. The summed E-state index contributed by atoms with van der Waals surface area (Å²) in [5, 5.41) is 3.23. The number of pyridine rings is 2. The first-order valence-electron chi connectivity index (χ1n) is 19.6. The number of benzene rings is 1. The molecular weight excluding hydrogens is 672 g/mol. The average Bonchev–Trinajstić information content (AvgIpc) is 3.67. The molecule has 1 saturated carbocycles. The van der Waals surface area contributed by atoms with E-state index in [-0.39, 0.29) is 29.6 Å². The fourth-order valence-corrected chi connectivity index (χ4v) is 9.49. The van der Waals surface area contributed by atoms with Gasteiger partial charge in [-0.3, -0.25) is 14.6 Å². The van der Waals surface area contributed by atoms with Crippen molar-refractivity contribution in [2.24, 2.45) is 5.41 Å². The number of ether oxygens (including phenoxy) is 1. The smallest absolute Gasteiger partial charge is 0.238 e. The quantitative estimate of drug-likeness (QED) is 0.217. The van der Waals surface area contributed by atoms with Gasteiger partial charge in [0.05, 0.1) is 53.5 Å². The second kappa shape index (κ2) is 13.2. The first-order chi connectivity index (χ1) is 25.7. The van der Waals surface area contributed by atoms with Crippen molar-refractivity contribution in [1.82, 2.24) is 29.3 Å². The van der Waals surface area contributed by atoms with E-state index in [1.165, 1.54) is 25.5 Å². The summed E-state index contributed by atoms with van der Waals surface area (Å²) >= 11 is 0. The molecule has 1 aliphatic carbocycles. The van der Waals surface area contributed by atoms with Crippen LogP contribution in [0.15, 0.2) is 49.1 Å². The Kier molecular flexibility index (Phi) is 8.53. The third-order valence-corrected chi connectivity index (χ3v) is 13.0. The highest BCUT2D eigenvalue weighted by Gasteiger charge is 2.57. The summed E-state index contributed by atoms with van der Waals surface area (Å²) in [6.07, 6.45) is 12.2. The number of anilines is 3. The van der Waals surface area contributed by atoms with Crippen molar-refractivity contribution >= 4 is 40.0 Å². The number of piperidine rings is 2. The summed E-state index contributed by atoms with van der Waals surface area (Å²) < 4.78 is 22.4. The third-order valence-electron chi connectivity index (χ3n) is 13.0. The molecule has 9 rings (SSSR count). The van der Waals surface area contributed by atoms with Crippen LogP contribution in [0.2, 0.25) is 0 Å². The normalized spacial score (nSPS) is 23.7. The molecule has 12 heteroatoms. The van der Waals surface area contributed by atoms with E-state index < -0.39 is 16.6 Å². The van der Waals surface area contributed by atoms with Crippen molar-refractivity contribution in [2.75, 3.05) is 49.6 Å². The molecule has 0 bridgehead atoms. The maximum Gasteiger partial charge on any atom is 0.238 e. The first kappa shape index (κ1) is 34.4. The lowest BCUT2D eigenvalue weighted by atomic mass is 9.72. The molecule has 0 radical (unpaired) electrons. The molecule has 2 amide bonds. The zero-order valence-electron chi connectivity index (χ0n) is 31.0. The number of likely N-dealkylation sites (tertiary alicyclic amines) is 2. The van der Waals surface area contributed by atoms with Crippen LogP contribution in [0, 0.1) is 11.2 Å². The van der Waals surface area contributed by atoms with E-state index in [1.807, 2.05) is 15.5 Å². The first-order valence-corrected chi connectivity index (χ1v) is 19.6. The molecular formula is C41H49FN8O3. The number of amides is 2. The van der Waals surface area contributed by atoms with Gasteiger partial charge in [0.1, 0.15) is 5.52 Å². The van der Waals surface area contributed by atoms with Crippen molar-refractivity contribution < 1.29 is 18.7 Å². The minimum absolute atomic E-state index is 0.110. The van der Waals surface area contributed by atoms with Crippen molar-refractivity contribution in [2.45, 2.75) is 95.7 Å². The van der Waals surface area contributed by atoms with E-state index in [4.69, 9.17) is 14.7 Å². The Morgan fingerprint density at radius 2 is 1.81 bits per heavy atom. The van der Waals surface area contributed by atoms with Gasteiger partial charge in [0.2, 0.25) is 11.8 Å². The van der Waals surface area contributed by atoms with Gasteiger partial charge in [-0.2, -0.15) is 0 Å². The number of carbonyl (C=O) groups excluding carboxylic acids is 2. The molecule has 4 fully saturated rings. The van der Waals surface area contributed by atoms with E-state index in [2.05, 4.69) is 59.1 Å². The standard InChI is InChI=1S/C41H49FN8O3/c1-4-40(23-53-24-40)38(51)48-16-11-41(12-17-48)30-9-8-27(18-35(30)50(39(41)52)29-19-28(20-29)47-14-6-5-7-15-47)33-21-34-36(49(25-44-34)26(2)3)37(46-33)45-32-10-13-43-22-31(32)42/h8-10,13,18,21-22,25-26,28-29H,4-7,11-12,14-17,19-20,23-24H2,1-3H3,(H,43,45,46)/t28-,29+. The van der Waals surface area contributed by atoms with Crippen LogP contribution >= 0.6 is 0 Å². The lowest BCUT2D eigenvalue weighted by molar-refractivity contribution is -0.175. The monoisotopic (exact) mass is 720 g/mol. The Hall–Kier alpha value is -4.42. The van der Waals surface area contributed by atoms with E-state index in [9.17, 15) is 14.0 Å². The van der Waals surface area contributed by atoms with Crippen LogP contribution in [0.5, 0.6) is 0 Å². The second-order valence-corrected chi connectivity index (χ2v) is 16.2. The summed E-state index contributed by atoms with van der Waals surface area (Å²) in [6.45, 7) is 10.6. The maximum absolute atomic E-state index is 14.9. The van der Waals surface area contributed by atoms with Crippen LogP contribution in [-0.2, 0) is 19.7 Å². The number of nitrogens with one attached hydrogen (secondary N) is 1. The number of rotatable bonds is 8. The van der Waals surface area contributed by atoms with Crippen LogP contribution in [0.1, 0.15) is 83.7 Å². The minimum Gasteiger partial charge on any atom is -0.379 e. The molecule has 53 heavy (non-hydrogen) atoms. The van der Waals surface area contributed by atoms with Gasteiger partial charge in [0, 0.05) is 48.7 Å². The number of aromatic nitrogens is 4. The van der Waals surface area contributed by atoms with Gasteiger partial charge in [-0.1, -0.05) is 25.5 Å². The molecule has 1 spiro atoms. The highest BCUT2D eigenvalue weighted by atomic mass is 19.1. The Bertz CT molecular complexity index is 2050. The summed E-state index contributed by atoms with van der Waals surface area (Å²) in [5.41, 5.74) is 4.28. The number of halogens is 1. The van der Waals surface area contributed by atoms with Gasteiger partial charge in [0.15, 0.2) is 11.6 Å². The predicted molar refractivity (Wildman–Crippen MR) is 202 cm³/mol. The van der Waals surface area contributed by atoms with E-state index in [1.54, 1.807) is 18.6 Å². The van der Waals surface area contributed by atoms with E-state index >= 15 is 0 Å². The fraction of sp³-hybridized carbons (Fsp3) is 0.537. The van der Waals surface area contributed by atoms with Crippen molar-refractivity contribution in [3.05, 3.63) is 60.4 Å². The molecule has 5 aliphatic rings. The highest BCUT2D eigenvalue weighted by molar-refractivity contribution is 6.09. The van der Waals surface area contributed by atoms with Crippen molar-refractivity contribution in [3.8, 4) is 11.3 Å². The molecule has 11 nitrogen and oxygen atoms in total. The van der Waals surface area contributed by atoms with Gasteiger partial charge in [-0.05, 0) is 95.6 Å². The van der Waals surface area contributed by atoms with Crippen molar-refractivity contribution in [1.29, 1.82) is 0 Å². The number of hydrogen-bond acceptors (Lipinski definition) is 8. The molecule has 3 saturated heterocycles. The van der Waals surface area contributed by atoms with Crippen LogP contribution in [0.3, 0.4) is 0 Å². The number of hydrogen-bond donors (Lipinski definition) is 1. The molecule has 3 aromatic heterocycles. The predicted octanol–water partition coefficient (Wildman–Crippen LogP) is 6.61. The third kappa shape index (κ3) is 5.54. The lowest BCUT2D eigenvalue weighted by Gasteiger charge is -2.48. The van der Waals surface area contributed by atoms with Crippen LogP contribution in [-0.4, -0.2) is 92.6 Å². The van der Waals surface area contributed by atoms with Crippen LogP contribution in [0.25, 0.3) is 22.3 Å². The van der Waals surface area contributed by atoms with E-state index in [0.717, 1.165) is 60.2 Å². The van der Waals surface area contributed by atoms with Gasteiger partial charge < -0.3 is 29.3 Å². The van der Waals surface area contributed by atoms with Gasteiger partial charge in [-0.15, -0.1) is 0 Å². The zero-order valence-corrected chi connectivity index (χ0v) is 31.0. The van der Waals surface area contributed by atoms with E-state index in [0.29, 0.717) is 56.7 Å². The second-order valence-electron chi connectivity index (χ2n) is 16.2. The van der Waals surface area contributed by atoms with Crippen LogP contribution in [0.4, 0.5) is 21.6 Å². The molecule has 7 heterocycles.